The Kier molecular flexibility index (Phi) is 7.31. The van der Waals surface area contributed by atoms with Gasteiger partial charge in [0, 0.05) is 5.02 Å². The summed E-state index contributed by atoms with van der Waals surface area (Å²) in [6, 6.07) is 11.4. The van der Waals surface area contributed by atoms with Crippen molar-refractivity contribution in [1.29, 1.82) is 0 Å². The Labute approximate surface area is 160 Å². The number of ether oxygens (including phenoxy) is 1. The molecule has 2 amide bonds. The second kappa shape index (κ2) is 9.68. The lowest BCUT2D eigenvalue weighted by Crippen LogP contribution is -2.39. The van der Waals surface area contributed by atoms with Gasteiger partial charge in [0.1, 0.15) is 5.82 Å². The van der Waals surface area contributed by atoms with Gasteiger partial charge >= 0.3 is 5.97 Å². The summed E-state index contributed by atoms with van der Waals surface area (Å²) in [5.74, 6) is -2.44. The summed E-state index contributed by atoms with van der Waals surface area (Å²) >= 11 is 5.85. The summed E-state index contributed by atoms with van der Waals surface area (Å²) in [6.45, 7) is -0.377. The zero-order chi connectivity index (χ0) is 19.8. The highest BCUT2D eigenvalue weighted by Gasteiger charge is 2.20. The van der Waals surface area contributed by atoms with Gasteiger partial charge in [-0.3, -0.25) is 14.4 Å². The molecular weight excluding hydrogens is 375 g/mol. The van der Waals surface area contributed by atoms with Crippen molar-refractivity contribution >= 4 is 29.4 Å². The lowest BCUT2D eigenvalue weighted by molar-refractivity contribution is -0.141. The van der Waals surface area contributed by atoms with Gasteiger partial charge in [-0.05, 0) is 29.8 Å². The fourth-order valence-electron chi connectivity index (χ4n) is 2.34. The minimum atomic E-state index is -0.709. The van der Waals surface area contributed by atoms with Crippen molar-refractivity contribution in [3.8, 4) is 0 Å². The average Bonchev–Trinajstić information content (AvgIpc) is 2.66. The first-order valence-electron chi connectivity index (χ1n) is 8.05. The van der Waals surface area contributed by atoms with Crippen LogP contribution in [0.15, 0.2) is 48.5 Å². The van der Waals surface area contributed by atoms with Crippen LogP contribution in [-0.4, -0.2) is 31.4 Å². The molecule has 0 saturated carbocycles. The van der Waals surface area contributed by atoms with Crippen LogP contribution in [0.5, 0.6) is 0 Å². The lowest BCUT2D eigenvalue weighted by atomic mass is 10.0. The molecule has 0 radical (unpaired) electrons. The third-order valence-electron chi connectivity index (χ3n) is 3.73. The molecule has 2 aromatic carbocycles. The fourth-order valence-corrected chi connectivity index (χ4v) is 2.47. The molecule has 2 rings (SSSR count). The van der Waals surface area contributed by atoms with Gasteiger partial charge < -0.3 is 15.4 Å². The molecule has 0 heterocycles. The van der Waals surface area contributed by atoms with E-state index in [2.05, 4.69) is 15.4 Å². The Bertz CT molecular complexity index is 827. The Morgan fingerprint density at radius 3 is 2.41 bits per heavy atom. The Hall–Kier alpha value is -2.93. The van der Waals surface area contributed by atoms with Crippen molar-refractivity contribution < 1.29 is 23.5 Å². The molecule has 0 saturated heterocycles. The molecule has 2 aromatic rings. The van der Waals surface area contributed by atoms with Gasteiger partial charge in [0.25, 0.3) is 5.91 Å². The van der Waals surface area contributed by atoms with E-state index in [1.807, 2.05) is 0 Å². The third-order valence-corrected chi connectivity index (χ3v) is 3.99. The van der Waals surface area contributed by atoms with Crippen LogP contribution in [0.2, 0.25) is 5.02 Å². The van der Waals surface area contributed by atoms with E-state index in [4.69, 9.17) is 11.6 Å². The molecule has 0 spiro atoms. The van der Waals surface area contributed by atoms with E-state index in [9.17, 15) is 18.8 Å². The molecule has 142 valence electrons. The zero-order valence-corrected chi connectivity index (χ0v) is 15.3. The number of hydrogen-bond acceptors (Lipinski definition) is 4. The Morgan fingerprint density at radius 2 is 1.78 bits per heavy atom. The van der Waals surface area contributed by atoms with Crippen LogP contribution in [-0.2, 0) is 14.3 Å². The Balaban J connectivity index is 2.00. The summed E-state index contributed by atoms with van der Waals surface area (Å²) in [4.78, 5) is 35.8. The number of halogens is 2. The van der Waals surface area contributed by atoms with Gasteiger partial charge in [0.2, 0.25) is 5.91 Å². The zero-order valence-electron chi connectivity index (χ0n) is 14.5. The summed E-state index contributed by atoms with van der Waals surface area (Å²) in [5, 5.41) is 5.51. The summed E-state index contributed by atoms with van der Waals surface area (Å²) in [6.07, 6.45) is -0.0921. The predicted molar refractivity (Wildman–Crippen MR) is 97.7 cm³/mol. The topological polar surface area (TPSA) is 84.5 Å². The maximum absolute atomic E-state index is 13.6. The van der Waals surface area contributed by atoms with E-state index in [0.29, 0.717) is 10.6 Å². The third kappa shape index (κ3) is 6.07. The van der Waals surface area contributed by atoms with Crippen molar-refractivity contribution in [3.63, 3.8) is 0 Å². The largest absolute Gasteiger partial charge is 0.469 e. The second-order valence-corrected chi connectivity index (χ2v) is 6.05. The van der Waals surface area contributed by atoms with E-state index in [1.165, 1.54) is 25.3 Å². The average molecular weight is 393 g/mol. The summed E-state index contributed by atoms with van der Waals surface area (Å²) in [7, 11) is 1.25. The minimum Gasteiger partial charge on any atom is -0.469 e. The molecule has 2 N–H and O–H groups in total. The van der Waals surface area contributed by atoms with Gasteiger partial charge in [0.05, 0.1) is 31.7 Å². The molecule has 0 aliphatic heterocycles. The van der Waals surface area contributed by atoms with E-state index >= 15 is 0 Å². The summed E-state index contributed by atoms with van der Waals surface area (Å²) in [5.41, 5.74) is 0.493. The second-order valence-electron chi connectivity index (χ2n) is 5.61. The molecule has 27 heavy (non-hydrogen) atoms. The van der Waals surface area contributed by atoms with Gasteiger partial charge in [-0.1, -0.05) is 35.9 Å². The lowest BCUT2D eigenvalue weighted by Gasteiger charge is -2.18. The van der Waals surface area contributed by atoms with E-state index < -0.39 is 29.6 Å². The van der Waals surface area contributed by atoms with E-state index in [1.54, 1.807) is 24.3 Å². The maximum atomic E-state index is 13.6. The first kappa shape index (κ1) is 20.4. The van der Waals surface area contributed by atoms with E-state index in [0.717, 1.165) is 6.07 Å². The van der Waals surface area contributed by atoms with Crippen LogP contribution >= 0.6 is 11.6 Å². The Morgan fingerprint density at radius 1 is 1.11 bits per heavy atom. The first-order valence-corrected chi connectivity index (χ1v) is 8.43. The number of nitrogens with one attached hydrogen (secondary N) is 2. The molecular formula is C19H18ClFN2O4. The highest BCUT2D eigenvalue weighted by Crippen LogP contribution is 2.20. The molecule has 6 nitrogen and oxygen atoms in total. The fraction of sp³-hybridized carbons (Fsp3) is 0.211. The van der Waals surface area contributed by atoms with Crippen LogP contribution in [0.3, 0.4) is 0 Å². The number of hydrogen-bond donors (Lipinski definition) is 2. The van der Waals surface area contributed by atoms with Crippen LogP contribution in [0, 0.1) is 5.82 Å². The minimum absolute atomic E-state index is 0.0921. The molecule has 0 aromatic heterocycles. The van der Waals surface area contributed by atoms with Crippen molar-refractivity contribution in [2.24, 2.45) is 0 Å². The van der Waals surface area contributed by atoms with Gasteiger partial charge in [-0.25, -0.2) is 4.39 Å². The highest BCUT2D eigenvalue weighted by atomic mass is 35.5. The molecule has 0 fully saturated rings. The number of esters is 1. The normalized spacial score (nSPS) is 11.4. The van der Waals surface area contributed by atoms with Crippen LogP contribution in [0.1, 0.15) is 28.4 Å². The highest BCUT2D eigenvalue weighted by molar-refractivity contribution is 6.30. The number of benzene rings is 2. The standard InChI is InChI=1S/C19H18ClFN2O4/c1-27-18(25)10-16(12-6-8-13(20)9-7-12)23-17(24)11-22-19(26)14-4-2-3-5-15(14)21/h2-9,16H,10-11H2,1H3,(H,22,26)(H,23,24). The van der Waals surface area contributed by atoms with E-state index in [-0.39, 0.29) is 18.5 Å². The van der Waals surface area contributed by atoms with Crippen molar-refractivity contribution in [2.45, 2.75) is 12.5 Å². The van der Waals surface area contributed by atoms with Crippen LogP contribution in [0.25, 0.3) is 0 Å². The van der Waals surface area contributed by atoms with Crippen LogP contribution < -0.4 is 10.6 Å². The van der Waals surface area contributed by atoms with Crippen molar-refractivity contribution in [1.82, 2.24) is 10.6 Å². The molecule has 0 aliphatic rings. The molecule has 0 aliphatic carbocycles. The number of amides is 2. The maximum Gasteiger partial charge on any atom is 0.307 e. The molecule has 8 heteroatoms. The smallest absolute Gasteiger partial charge is 0.307 e. The van der Waals surface area contributed by atoms with Crippen molar-refractivity contribution in [3.05, 3.63) is 70.5 Å². The number of carbonyl (C=O) groups is 3. The first-order chi connectivity index (χ1) is 12.9. The predicted octanol–water partition coefficient (Wildman–Crippen LogP) is 2.63. The molecule has 0 bridgehead atoms. The number of methoxy groups -OCH3 is 1. The quantitative estimate of drug-likeness (QED) is 0.709. The number of rotatable bonds is 7. The van der Waals surface area contributed by atoms with Gasteiger partial charge in [-0.15, -0.1) is 0 Å². The monoisotopic (exact) mass is 392 g/mol. The van der Waals surface area contributed by atoms with Gasteiger partial charge in [0.15, 0.2) is 0 Å². The molecule has 1 unspecified atom stereocenters. The number of carbonyl (C=O) groups excluding carboxylic acids is 3. The molecule has 1 atom stereocenters. The van der Waals surface area contributed by atoms with Crippen molar-refractivity contribution in [2.75, 3.05) is 13.7 Å². The summed E-state index contributed by atoms with van der Waals surface area (Å²) < 4.78 is 18.2. The van der Waals surface area contributed by atoms with Crippen LogP contribution in [0.4, 0.5) is 4.39 Å². The van der Waals surface area contributed by atoms with Gasteiger partial charge in [-0.2, -0.15) is 0 Å². The SMILES string of the molecule is COC(=O)CC(NC(=O)CNC(=O)c1ccccc1F)c1ccc(Cl)cc1.